The number of amides is 2. The predicted molar refractivity (Wildman–Crippen MR) is 150 cm³/mol. The van der Waals surface area contributed by atoms with Crippen LogP contribution in [0.15, 0.2) is 12.7 Å². The minimum absolute atomic E-state index is 0.187. The van der Waals surface area contributed by atoms with E-state index < -0.39 is 18.4 Å². The van der Waals surface area contributed by atoms with Crippen LogP contribution in [0.4, 0.5) is 5.82 Å². The largest absolute Gasteiger partial charge is 0.390 e. The molecule has 3 atom stereocenters. The van der Waals surface area contributed by atoms with E-state index >= 15 is 0 Å². The van der Waals surface area contributed by atoms with Gasteiger partial charge in [0, 0.05) is 52.1 Å². The van der Waals surface area contributed by atoms with Crippen LogP contribution in [0.5, 0.6) is 0 Å². The lowest BCUT2D eigenvalue weighted by atomic mass is 10.1. The Balaban J connectivity index is 1.13. The molecule has 2 aromatic rings. The zero-order valence-corrected chi connectivity index (χ0v) is 23.2. The second-order valence-electron chi connectivity index (χ2n) is 10.3. The SMILES string of the molecule is Nc1ncnc2c1ncn2[C@H]1C[C@H](O)[C@@H](C(=O)NCCCCCC(=O)N2CCCNCCNCCCNCC2)O1. The third-order valence-corrected chi connectivity index (χ3v) is 7.30. The van der Waals surface area contributed by atoms with Gasteiger partial charge in [-0.1, -0.05) is 6.42 Å². The van der Waals surface area contributed by atoms with Gasteiger partial charge in [-0.3, -0.25) is 14.2 Å². The zero-order chi connectivity index (χ0) is 28.2. The van der Waals surface area contributed by atoms with Crippen molar-refractivity contribution in [2.24, 2.45) is 0 Å². The van der Waals surface area contributed by atoms with E-state index in [2.05, 4.69) is 36.2 Å². The number of hydrogen-bond donors (Lipinski definition) is 6. The first kappa shape index (κ1) is 30.1. The van der Waals surface area contributed by atoms with E-state index in [1.165, 1.54) is 12.7 Å². The van der Waals surface area contributed by atoms with E-state index in [0.29, 0.717) is 24.1 Å². The maximum atomic E-state index is 12.9. The summed E-state index contributed by atoms with van der Waals surface area (Å²) in [4.78, 5) is 39.9. The molecule has 40 heavy (non-hydrogen) atoms. The zero-order valence-electron chi connectivity index (χ0n) is 23.2. The van der Waals surface area contributed by atoms with Crippen LogP contribution < -0.4 is 27.0 Å². The van der Waals surface area contributed by atoms with Crippen LogP contribution in [0.2, 0.25) is 0 Å². The molecule has 2 aliphatic heterocycles. The number of nitrogens with two attached hydrogens (primary N) is 1. The van der Waals surface area contributed by atoms with Crippen molar-refractivity contribution in [1.82, 2.24) is 45.7 Å². The molecule has 4 heterocycles. The lowest BCUT2D eigenvalue weighted by molar-refractivity contribution is -0.137. The molecule has 2 fully saturated rings. The number of fused-ring (bicyclic) bond motifs is 1. The van der Waals surface area contributed by atoms with E-state index in [0.717, 1.165) is 84.5 Å². The quantitative estimate of drug-likeness (QED) is 0.220. The Labute approximate surface area is 234 Å². The van der Waals surface area contributed by atoms with Gasteiger partial charge in [0.05, 0.1) is 12.4 Å². The molecule has 2 aliphatic rings. The highest BCUT2D eigenvalue weighted by atomic mass is 16.5. The summed E-state index contributed by atoms with van der Waals surface area (Å²) in [6.45, 7) is 7.50. The maximum absolute atomic E-state index is 12.9. The molecule has 7 N–H and O–H groups in total. The third-order valence-electron chi connectivity index (χ3n) is 7.30. The summed E-state index contributed by atoms with van der Waals surface area (Å²) in [7, 11) is 0. The molecule has 14 nitrogen and oxygen atoms in total. The number of hydrogen-bond acceptors (Lipinski definition) is 11. The maximum Gasteiger partial charge on any atom is 0.251 e. The highest BCUT2D eigenvalue weighted by Gasteiger charge is 2.40. The summed E-state index contributed by atoms with van der Waals surface area (Å²) in [5.41, 5.74) is 6.79. The number of unbranched alkanes of at least 4 members (excludes halogenated alkanes) is 2. The fraction of sp³-hybridized carbons (Fsp3) is 0.731. The number of aliphatic hydroxyl groups is 1. The van der Waals surface area contributed by atoms with Gasteiger partial charge in [-0.15, -0.1) is 0 Å². The molecule has 2 saturated heterocycles. The van der Waals surface area contributed by atoms with E-state index in [4.69, 9.17) is 10.5 Å². The summed E-state index contributed by atoms with van der Waals surface area (Å²) < 4.78 is 7.52. The number of carbonyl (C=O) groups is 2. The van der Waals surface area contributed by atoms with Gasteiger partial charge in [0.25, 0.3) is 5.91 Å². The lowest BCUT2D eigenvalue weighted by Crippen LogP contribution is -2.40. The van der Waals surface area contributed by atoms with Gasteiger partial charge in [-0.05, 0) is 45.3 Å². The van der Waals surface area contributed by atoms with Gasteiger partial charge in [-0.2, -0.15) is 0 Å². The van der Waals surface area contributed by atoms with Gasteiger partial charge in [0.2, 0.25) is 5.91 Å². The fourth-order valence-corrected chi connectivity index (χ4v) is 5.05. The smallest absolute Gasteiger partial charge is 0.251 e. The van der Waals surface area contributed by atoms with Crippen molar-refractivity contribution in [2.45, 2.75) is 63.4 Å². The third kappa shape index (κ3) is 8.54. The minimum Gasteiger partial charge on any atom is -0.390 e. The van der Waals surface area contributed by atoms with Crippen LogP contribution in [0.1, 0.15) is 51.2 Å². The summed E-state index contributed by atoms with van der Waals surface area (Å²) >= 11 is 0. The van der Waals surface area contributed by atoms with Crippen molar-refractivity contribution >= 4 is 28.8 Å². The molecule has 0 aliphatic carbocycles. The highest BCUT2D eigenvalue weighted by Crippen LogP contribution is 2.31. The summed E-state index contributed by atoms with van der Waals surface area (Å²) in [5, 5.41) is 23.6. The molecule has 0 aromatic carbocycles. The molecule has 0 unspecified atom stereocenters. The Hall–Kier alpha value is -2.91. The molecule has 2 amide bonds. The summed E-state index contributed by atoms with van der Waals surface area (Å²) in [5.74, 6) is 0.0920. The van der Waals surface area contributed by atoms with Crippen molar-refractivity contribution in [2.75, 3.05) is 64.6 Å². The number of aromatic nitrogens is 4. The molecule has 0 radical (unpaired) electrons. The Bertz CT molecular complexity index is 1070. The van der Waals surface area contributed by atoms with Crippen molar-refractivity contribution < 1.29 is 19.4 Å². The molecule has 2 aromatic heterocycles. The second kappa shape index (κ2) is 15.8. The number of imidazole rings is 1. The van der Waals surface area contributed by atoms with Crippen LogP contribution in [0.3, 0.4) is 0 Å². The number of ether oxygens (including phenoxy) is 1. The summed E-state index contributed by atoms with van der Waals surface area (Å²) in [6, 6.07) is 0. The van der Waals surface area contributed by atoms with Crippen LogP contribution in [0, 0.1) is 0 Å². The number of nitrogens with zero attached hydrogens (tertiary/aromatic N) is 5. The number of aliphatic hydroxyl groups excluding tert-OH is 1. The molecule has 14 heteroatoms. The van der Waals surface area contributed by atoms with Gasteiger partial charge in [-0.25, -0.2) is 15.0 Å². The van der Waals surface area contributed by atoms with Crippen LogP contribution in [-0.4, -0.2) is 112 Å². The minimum atomic E-state index is -0.981. The normalized spacial score (nSPS) is 23.6. The van der Waals surface area contributed by atoms with Gasteiger partial charge in [0.15, 0.2) is 17.6 Å². The van der Waals surface area contributed by atoms with E-state index in [9.17, 15) is 14.7 Å². The van der Waals surface area contributed by atoms with Crippen molar-refractivity contribution in [3.8, 4) is 0 Å². The number of nitrogen functional groups attached to an aromatic ring is 1. The number of nitrogens with one attached hydrogen (secondary N) is 4. The molecular weight excluding hydrogens is 516 g/mol. The Morgan fingerprint density at radius 1 is 1.00 bits per heavy atom. The molecule has 0 bridgehead atoms. The second-order valence-corrected chi connectivity index (χ2v) is 10.3. The summed E-state index contributed by atoms with van der Waals surface area (Å²) in [6.07, 6.45) is 5.44. The fourth-order valence-electron chi connectivity index (χ4n) is 5.05. The monoisotopic (exact) mass is 560 g/mol. The topological polar surface area (TPSA) is 185 Å². The lowest BCUT2D eigenvalue weighted by Gasteiger charge is -2.23. The van der Waals surface area contributed by atoms with Crippen LogP contribution in [0.25, 0.3) is 11.2 Å². The van der Waals surface area contributed by atoms with Crippen molar-refractivity contribution in [1.29, 1.82) is 0 Å². The Morgan fingerprint density at radius 2 is 1.77 bits per heavy atom. The number of rotatable bonds is 8. The van der Waals surface area contributed by atoms with Crippen LogP contribution in [-0.2, 0) is 14.3 Å². The van der Waals surface area contributed by atoms with Gasteiger partial charge >= 0.3 is 0 Å². The Kier molecular flexibility index (Phi) is 11.8. The molecule has 0 saturated carbocycles. The molecule has 222 valence electrons. The molecule has 0 spiro atoms. The van der Waals surface area contributed by atoms with E-state index in [-0.39, 0.29) is 24.1 Å². The average Bonchev–Trinajstić information content (AvgIpc) is 3.56. The standard InChI is InChI=1S/C26H44N10O4/c27-24-22-25(33-17-32-24)36(18-34-22)21-16-19(37)23(40-21)26(39)31-10-3-1-2-6-20(38)35-14-5-9-29-12-11-28-7-4-8-30-13-15-35/h17-19,21,23,28-30,37H,1-16H2,(H,31,39)(H2,27,32,33)/t19-,21+,23-/m0/s1. The van der Waals surface area contributed by atoms with Crippen LogP contribution >= 0.6 is 0 Å². The predicted octanol–water partition coefficient (Wildman–Crippen LogP) is -0.875. The van der Waals surface area contributed by atoms with E-state index in [1.54, 1.807) is 4.57 Å². The van der Waals surface area contributed by atoms with Crippen molar-refractivity contribution in [3.63, 3.8) is 0 Å². The number of carbonyl (C=O) groups excluding carboxylic acids is 2. The first-order valence-corrected chi connectivity index (χ1v) is 14.5. The Morgan fingerprint density at radius 3 is 2.60 bits per heavy atom. The first-order valence-electron chi connectivity index (χ1n) is 14.5. The molecular formula is C26H44N10O4. The first-order chi connectivity index (χ1) is 19.5. The molecule has 4 rings (SSSR count). The number of anilines is 1. The average molecular weight is 561 g/mol. The highest BCUT2D eigenvalue weighted by molar-refractivity contribution is 5.82. The van der Waals surface area contributed by atoms with Gasteiger partial charge in [0.1, 0.15) is 18.1 Å². The van der Waals surface area contributed by atoms with Gasteiger partial charge < -0.3 is 41.7 Å². The van der Waals surface area contributed by atoms with Crippen molar-refractivity contribution in [3.05, 3.63) is 12.7 Å². The van der Waals surface area contributed by atoms with E-state index in [1.807, 2.05) is 4.90 Å².